The second-order valence-electron chi connectivity index (χ2n) is 4.94. The van der Waals surface area contributed by atoms with Crippen molar-refractivity contribution in [3.05, 3.63) is 39.6 Å². The molecule has 2 aromatic rings. The fourth-order valence-electron chi connectivity index (χ4n) is 2.16. The molecule has 1 N–H and O–H groups in total. The van der Waals surface area contributed by atoms with E-state index in [1.165, 1.54) is 39.6 Å². The van der Waals surface area contributed by atoms with Crippen LogP contribution in [0.25, 0.3) is 0 Å². The normalized spacial score (nSPS) is 10.2. The van der Waals surface area contributed by atoms with Gasteiger partial charge in [0, 0.05) is 6.54 Å². The number of hydrogen-bond donors (Lipinski definition) is 1. The number of rotatable bonds is 7. The standard InChI is InChI=1S/C17H19NO5S/c1-10(19)14-5-6-15(24-14)17(20)18-9-11-7-12(21-2)16(23-4)13(8-11)22-3/h5-8H,9H2,1-4H3,(H,18,20). The second-order valence-corrected chi connectivity index (χ2v) is 6.02. The Hall–Kier alpha value is -2.54. The molecule has 0 aliphatic rings. The van der Waals surface area contributed by atoms with E-state index in [1.54, 1.807) is 24.3 Å². The maximum atomic E-state index is 12.2. The first-order valence-corrected chi connectivity index (χ1v) is 7.99. The molecule has 0 fully saturated rings. The van der Waals surface area contributed by atoms with Gasteiger partial charge in [-0.2, -0.15) is 0 Å². The Morgan fingerprint density at radius 1 is 1.00 bits per heavy atom. The van der Waals surface area contributed by atoms with Crippen molar-refractivity contribution in [1.82, 2.24) is 5.32 Å². The van der Waals surface area contributed by atoms with Crippen molar-refractivity contribution in [2.45, 2.75) is 13.5 Å². The minimum absolute atomic E-state index is 0.0522. The molecule has 2 rings (SSSR count). The third kappa shape index (κ3) is 3.86. The third-order valence-electron chi connectivity index (χ3n) is 3.35. The number of benzene rings is 1. The molecule has 1 amide bonds. The molecule has 0 bridgehead atoms. The van der Waals surface area contributed by atoms with Gasteiger partial charge < -0.3 is 19.5 Å². The predicted molar refractivity (Wildman–Crippen MR) is 91.6 cm³/mol. The van der Waals surface area contributed by atoms with E-state index in [-0.39, 0.29) is 11.7 Å². The van der Waals surface area contributed by atoms with Crippen LogP contribution in [0.4, 0.5) is 0 Å². The molecule has 0 aliphatic heterocycles. The summed E-state index contributed by atoms with van der Waals surface area (Å²) in [5.41, 5.74) is 0.807. The summed E-state index contributed by atoms with van der Waals surface area (Å²) >= 11 is 1.17. The van der Waals surface area contributed by atoms with Crippen LogP contribution in [0.2, 0.25) is 0 Å². The van der Waals surface area contributed by atoms with Crippen LogP contribution in [-0.2, 0) is 6.54 Å². The van der Waals surface area contributed by atoms with Gasteiger partial charge in [0.2, 0.25) is 5.75 Å². The van der Waals surface area contributed by atoms with Crippen molar-refractivity contribution in [2.75, 3.05) is 21.3 Å². The van der Waals surface area contributed by atoms with Gasteiger partial charge in [-0.15, -0.1) is 11.3 Å². The average molecular weight is 349 g/mol. The molecule has 0 aliphatic carbocycles. The Balaban J connectivity index is 2.13. The number of methoxy groups -OCH3 is 3. The molecule has 1 aromatic heterocycles. The molecule has 0 saturated carbocycles. The van der Waals surface area contributed by atoms with Crippen LogP contribution in [0.5, 0.6) is 17.2 Å². The number of carbonyl (C=O) groups is 2. The van der Waals surface area contributed by atoms with Crippen LogP contribution in [-0.4, -0.2) is 33.0 Å². The summed E-state index contributed by atoms with van der Waals surface area (Å²) in [6.45, 7) is 1.77. The van der Waals surface area contributed by atoms with Gasteiger partial charge in [-0.1, -0.05) is 0 Å². The topological polar surface area (TPSA) is 73.9 Å². The first kappa shape index (κ1) is 17.8. The Bertz CT molecular complexity index is 728. The highest BCUT2D eigenvalue weighted by Gasteiger charge is 2.15. The average Bonchev–Trinajstić information content (AvgIpc) is 3.09. The van der Waals surface area contributed by atoms with E-state index in [4.69, 9.17) is 14.2 Å². The summed E-state index contributed by atoms with van der Waals surface area (Å²) in [5.74, 6) is 1.26. The molecule has 0 atom stereocenters. The molecule has 24 heavy (non-hydrogen) atoms. The van der Waals surface area contributed by atoms with Crippen molar-refractivity contribution >= 4 is 23.0 Å². The van der Waals surface area contributed by atoms with E-state index < -0.39 is 0 Å². The summed E-state index contributed by atoms with van der Waals surface area (Å²) in [6, 6.07) is 6.85. The molecule has 6 nitrogen and oxygen atoms in total. The molecule has 128 valence electrons. The van der Waals surface area contributed by atoms with Crippen molar-refractivity contribution in [1.29, 1.82) is 0 Å². The first-order chi connectivity index (χ1) is 11.5. The smallest absolute Gasteiger partial charge is 0.261 e. The van der Waals surface area contributed by atoms with E-state index in [1.807, 2.05) is 0 Å². The van der Waals surface area contributed by atoms with Crippen molar-refractivity contribution in [3.8, 4) is 17.2 Å². The van der Waals surface area contributed by atoms with E-state index in [2.05, 4.69) is 5.32 Å². The van der Waals surface area contributed by atoms with Crippen LogP contribution >= 0.6 is 11.3 Å². The SMILES string of the molecule is COc1cc(CNC(=O)c2ccc(C(C)=O)s2)cc(OC)c1OC. The summed E-state index contributed by atoms with van der Waals surface area (Å²) in [6.07, 6.45) is 0. The zero-order valence-corrected chi connectivity index (χ0v) is 14.8. The lowest BCUT2D eigenvalue weighted by Gasteiger charge is -2.14. The molecule has 7 heteroatoms. The Labute approximate surface area is 144 Å². The number of hydrogen-bond acceptors (Lipinski definition) is 6. The maximum absolute atomic E-state index is 12.2. The zero-order chi connectivity index (χ0) is 17.7. The lowest BCUT2D eigenvalue weighted by atomic mass is 10.1. The summed E-state index contributed by atoms with van der Waals surface area (Å²) in [5, 5.41) is 2.82. The van der Waals surface area contributed by atoms with Crippen LogP contribution in [0.1, 0.15) is 31.8 Å². The monoisotopic (exact) mass is 349 g/mol. The number of ether oxygens (including phenoxy) is 3. The van der Waals surface area contributed by atoms with E-state index in [0.29, 0.717) is 33.5 Å². The lowest BCUT2D eigenvalue weighted by molar-refractivity contribution is 0.0954. The number of ketones is 1. The highest BCUT2D eigenvalue weighted by Crippen LogP contribution is 2.38. The van der Waals surface area contributed by atoms with Gasteiger partial charge in [0.15, 0.2) is 17.3 Å². The van der Waals surface area contributed by atoms with Crippen LogP contribution < -0.4 is 19.5 Å². The Morgan fingerprint density at radius 2 is 1.58 bits per heavy atom. The molecular weight excluding hydrogens is 330 g/mol. The number of thiophene rings is 1. The Kier molecular flexibility index (Phi) is 5.81. The summed E-state index contributed by atoms with van der Waals surface area (Å²) in [7, 11) is 4.61. The van der Waals surface area contributed by atoms with Gasteiger partial charge in [-0.25, -0.2) is 0 Å². The summed E-state index contributed by atoms with van der Waals surface area (Å²) in [4.78, 5) is 24.5. The number of amides is 1. The van der Waals surface area contributed by atoms with Gasteiger partial charge in [-0.05, 0) is 36.8 Å². The molecule has 1 aromatic carbocycles. The molecule has 1 heterocycles. The van der Waals surface area contributed by atoms with Crippen molar-refractivity contribution in [3.63, 3.8) is 0 Å². The minimum Gasteiger partial charge on any atom is -0.493 e. The molecule has 0 spiro atoms. The van der Waals surface area contributed by atoms with Gasteiger partial charge >= 0.3 is 0 Å². The highest BCUT2D eigenvalue weighted by molar-refractivity contribution is 7.15. The van der Waals surface area contributed by atoms with Crippen LogP contribution in [0.3, 0.4) is 0 Å². The Morgan fingerprint density at radius 3 is 2.04 bits per heavy atom. The number of nitrogens with one attached hydrogen (secondary N) is 1. The number of Topliss-reactive ketones (excluding diaryl/α,β-unsaturated/α-hetero) is 1. The van der Waals surface area contributed by atoms with E-state index >= 15 is 0 Å². The fourth-order valence-corrected chi connectivity index (χ4v) is 2.97. The van der Waals surface area contributed by atoms with Gasteiger partial charge in [0.1, 0.15) is 0 Å². The van der Waals surface area contributed by atoms with E-state index in [9.17, 15) is 9.59 Å². The molecule has 0 unspecified atom stereocenters. The second kappa shape index (κ2) is 7.83. The van der Waals surface area contributed by atoms with Crippen LogP contribution in [0, 0.1) is 0 Å². The largest absolute Gasteiger partial charge is 0.493 e. The number of carbonyl (C=O) groups excluding carboxylic acids is 2. The van der Waals surface area contributed by atoms with Gasteiger partial charge in [-0.3, -0.25) is 9.59 Å². The molecular formula is C17H19NO5S. The summed E-state index contributed by atoms with van der Waals surface area (Å²) < 4.78 is 15.8. The van der Waals surface area contributed by atoms with Crippen molar-refractivity contribution in [2.24, 2.45) is 0 Å². The molecule has 0 radical (unpaired) electrons. The minimum atomic E-state index is -0.235. The van der Waals surface area contributed by atoms with Crippen molar-refractivity contribution < 1.29 is 23.8 Å². The third-order valence-corrected chi connectivity index (χ3v) is 4.54. The zero-order valence-electron chi connectivity index (χ0n) is 14.0. The van der Waals surface area contributed by atoms with Gasteiger partial charge in [0.25, 0.3) is 5.91 Å². The molecule has 0 saturated heterocycles. The lowest BCUT2D eigenvalue weighted by Crippen LogP contribution is -2.21. The highest BCUT2D eigenvalue weighted by atomic mass is 32.1. The van der Waals surface area contributed by atoms with E-state index in [0.717, 1.165) is 5.56 Å². The quantitative estimate of drug-likeness (QED) is 0.778. The van der Waals surface area contributed by atoms with Gasteiger partial charge in [0.05, 0.1) is 31.1 Å². The maximum Gasteiger partial charge on any atom is 0.261 e. The fraction of sp³-hybridized carbons (Fsp3) is 0.294. The predicted octanol–water partition coefficient (Wildman–Crippen LogP) is 2.91. The first-order valence-electron chi connectivity index (χ1n) is 7.18. The van der Waals surface area contributed by atoms with Crippen LogP contribution in [0.15, 0.2) is 24.3 Å².